The number of hydrogen-bond donors (Lipinski definition) is 5. The third-order valence-electron chi connectivity index (χ3n) is 1.69. The van der Waals surface area contributed by atoms with Crippen LogP contribution in [0.3, 0.4) is 0 Å². The molecule has 5 N–H and O–H groups in total. The number of aliphatic hydroxyl groups excluding tert-OH is 5. The average Bonchev–Trinajstić information content (AvgIpc) is 2.00. The Labute approximate surface area is 70.9 Å². The molecule has 0 aromatic rings. The quantitative estimate of drug-likeness (QED) is 0.339. The molecule has 0 saturated carbocycles. The van der Waals surface area contributed by atoms with Crippen molar-refractivity contribution in [2.45, 2.75) is 44.4 Å². The summed E-state index contributed by atoms with van der Waals surface area (Å²) in [6.07, 6.45) is -6.73. The maximum atomic E-state index is 9.11. The Morgan fingerprint density at radius 2 is 0.833 bits per heavy atom. The Kier molecular flexibility index (Phi) is 4.66. The summed E-state index contributed by atoms with van der Waals surface area (Å²) in [6.45, 7) is 2.56. The number of aliphatic hydroxyl groups is 5. The SMILES string of the molecule is CC(O)[C@@H](O)C(O)[C@H](O)[C@H](C)O. The van der Waals surface area contributed by atoms with E-state index >= 15 is 0 Å². The van der Waals surface area contributed by atoms with Crippen molar-refractivity contribution in [3.8, 4) is 0 Å². The number of hydrogen-bond acceptors (Lipinski definition) is 5. The molecule has 5 atom stereocenters. The lowest BCUT2D eigenvalue weighted by atomic mass is 10.0. The highest BCUT2D eigenvalue weighted by molar-refractivity contribution is 4.81. The van der Waals surface area contributed by atoms with Crippen LogP contribution in [0, 0.1) is 0 Å². The zero-order chi connectivity index (χ0) is 9.89. The summed E-state index contributed by atoms with van der Waals surface area (Å²) in [5.74, 6) is 0. The maximum absolute atomic E-state index is 9.11. The van der Waals surface area contributed by atoms with E-state index < -0.39 is 30.5 Å². The molecule has 0 radical (unpaired) electrons. The summed E-state index contributed by atoms with van der Waals surface area (Å²) < 4.78 is 0. The van der Waals surface area contributed by atoms with Crippen molar-refractivity contribution in [3.63, 3.8) is 0 Å². The van der Waals surface area contributed by atoms with Gasteiger partial charge in [0.2, 0.25) is 0 Å². The molecule has 12 heavy (non-hydrogen) atoms. The van der Waals surface area contributed by atoms with Crippen LogP contribution in [0.4, 0.5) is 0 Å². The van der Waals surface area contributed by atoms with Gasteiger partial charge < -0.3 is 25.5 Å². The van der Waals surface area contributed by atoms with Gasteiger partial charge in [-0.05, 0) is 13.8 Å². The first kappa shape index (κ1) is 11.8. The predicted molar refractivity (Wildman–Crippen MR) is 41.4 cm³/mol. The summed E-state index contributed by atoms with van der Waals surface area (Å²) >= 11 is 0. The van der Waals surface area contributed by atoms with Gasteiger partial charge in [-0.15, -0.1) is 0 Å². The van der Waals surface area contributed by atoms with Crippen LogP contribution in [-0.2, 0) is 0 Å². The van der Waals surface area contributed by atoms with Crippen LogP contribution in [0.15, 0.2) is 0 Å². The molecule has 0 aliphatic heterocycles. The van der Waals surface area contributed by atoms with Crippen LogP contribution in [0.1, 0.15) is 13.8 Å². The van der Waals surface area contributed by atoms with Gasteiger partial charge in [0.25, 0.3) is 0 Å². The van der Waals surface area contributed by atoms with E-state index in [1.807, 2.05) is 0 Å². The Bertz CT molecular complexity index is 111. The fourth-order valence-corrected chi connectivity index (χ4v) is 0.773. The predicted octanol–water partition coefficient (Wildman–Crippen LogP) is -2.17. The standard InChI is InChI=1S/C7H16O5/c1-3(8)5(10)7(12)6(11)4(2)9/h3-12H,1-2H3/t3-,4?,5+,6+,7?/m0/s1. The van der Waals surface area contributed by atoms with Crippen molar-refractivity contribution in [2.75, 3.05) is 0 Å². The van der Waals surface area contributed by atoms with Crippen LogP contribution in [-0.4, -0.2) is 56.1 Å². The Morgan fingerprint density at radius 1 is 0.583 bits per heavy atom. The molecule has 0 bridgehead atoms. The lowest BCUT2D eigenvalue weighted by Crippen LogP contribution is -2.47. The summed E-state index contributed by atoms with van der Waals surface area (Å²) in [6, 6.07) is 0. The number of rotatable bonds is 4. The van der Waals surface area contributed by atoms with Gasteiger partial charge in [-0.25, -0.2) is 0 Å². The van der Waals surface area contributed by atoms with E-state index in [1.54, 1.807) is 0 Å². The van der Waals surface area contributed by atoms with Crippen molar-refractivity contribution in [1.29, 1.82) is 0 Å². The molecular weight excluding hydrogens is 164 g/mol. The lowest BCUT2D eigenvalue weighted by Gasteiger charge is -2.26. The van der Waals surface area contributed by atoms with E-state index in [0.29, 0.717) is 0 Å². The van der Waals surface area contributed by atoms with Crippen molar-refractivity contribution in [1.82, 2.24) is 0 Å². The molecule has 0 saturated heterocycles. The van der Waals surface area contributed by atoms with Gasteiger partial charge in [0.1, 0.15) is 18.3 Å². The molecule has 0 spiro atoms. The van der Waals surface area contributed by atoms with Gasteiger partial charge in [-0.3, -0.25) is 0 Å². The van der Waals surface area contributed by atoms with Gasteiger partial charge >= 0.3 is 0 Å². The molecule has 5 nitrogen and oxygen atoms in total. The lowest BCUT2D eigenvalue weighted by molar-refractivity contribution is -0.127. The Balaban J connectivity index is 4.08. The summed E-state index contributed by atoms with van der Waals surface area (Å²) in [7, 11) is 0. The highest BCUT2D eigenvalue weighted by atomic mass is 16.4. The maximum Gasteiger partial charge on any atom is 0.111 e. The molecule has 74 valence electrons. The molecular formula is C7H16O5. The van der Waals surface area contributed by atoms with E-state index in [2.05, 4.69) is 0 Å². The van der Waals surface area contributed by atoms with Crippen molar-refractivity contribution in [3.05, 3.63) is 0 Å². The second-order valence-corrected chi connectivity index (χ2v) is 2.95. The van der Waals surface area contributed by atoms with E-state index in [1.165, 1.54) is 13.8 Å². The molecule has 0 rings (SSSR count). The Hall–Kier alpha value is -0.200. The molecule has 0 fully saturated rings. The molecule has 0 aromatic carbocycles. The van der Waals surface area contributed by atoms with Gasteiger partial charge in [0, 0.05) is 0 Å². The third kappa shape index (κ3) is 3.04. The van der Waals surface area contributed by atoms with E-state index in [-0.39, 0.29) is 0 Å². The molecule has 2 unspecified atom stereocenters. The van der Waals surface area contributed by atoms with Gasteiger partial charge in [0.05, 0.1) is 12.2 Å². The largest absolute Gasteiger partial charge is 0.391 e. The van der Waals surface area contributed by atoms with Crippen molar-refractivity contribution in [2.24, 2.45) is 0 Å². The summed E-state index contributed by atoms with van der Waals surface area (Å²) in [4.78, 5) is 0. The highest BCUT2D eigenvalue weighted by Crippen LogP contribution is 2.07. The molecule has 5 heteroatoms. The summed E-state index contributed by atoms with van der Waals surface area (Å²) in [5.41, 5.74) is 0. The minimum absolute atomic E-state index is 1.15. The Morgan fingerprint density at radius 3 is 1.00 bits per heavy atom. The third-order valence-corrected chi connectivity index (χ3v) is 1.69. The molecule has 0 aromatic heterocycles. The zero-order valence-electron chi connectivity index (χ0n) is 7.12. The average molecular weight is 180 g/mol. The van der Waals surface area contributed by atoms with Crippen LogP contribution in [0.5, 0.6) is 0 Å². The molecule has 0 amide bonds. The second-order valence-electron chi connectivity index (χ2n) is 2.95. The topological polar surface area (TPSA) is 101 Å². The van der Waals surface area contributed by atoms with Crippen LogP contribution < -0.4 is 0 Å². The summed E-state index contributed by atoms with van der Waals surface area (Å²) in [5, 5.41) is 44.8. The first-order valence-electron chi connectivity index (χ1n) is 3.78. The first-order valence-corrected chi connectivity index (χ1v) is 3.78. The minimum Gasteiger partial charge on any atom is -0.391 e. The van der Waals surface area contributed by atoms with Gasteiger partial charge in [0.15, 0.2) is 0 Å². The smallest absolute Gasteiger partial charge is 0.111 e. The molecule has 0 aliphatic carbocycles. The normalized spacial score (nSPS) is 24.2. The van der Waals surface area contributed by atoms with E-state index in [9.17, 15) is 0 Å². The van der Waals surface area contributed by atoms with Gasteiger partial charge in [-0.1, -0.05) is 0 Å². The van der Waals surface area contributed by atoms with Crippen LogP contribution in [0.2, 0.25) is 0 Å². The first-order chi connectivity index (χ1) is 5.37. The van der Waals surface area contributed by atoms with Crippen LogP contribution in [0.25, 0.3) is 0 Å². The molecule has 0 aliphatic rings. The van der Waals surface area contributed by atoms with Gasteiger partial charge in [-0.2, -0.15) is 0 Å². The highest BCUT2D eigenvalue weighted by Gasteiger charge is 2.30. The zero-order valence-corrected chi connectivity index (χ0v) is 7.12. The van der Waals surface area contributed by atoms with Crippen LogP contribution >= 0.6 is 0 Å². The van der Waals surface area contributed by atoms with E-state index in [0.717, 1.165) is 0 Å². The van der Waals surface area contributed by atoms with E-state index in [4.69, 9.17) is 25.5 Å². The minimum atomic E-state index is -1.54. The second kappa shape index (κ2) is 4.74. The van der Waals surface area contributed by atoms with Crippen molar-refractivity contribution >= 4 is 0 Å². The fourth-order valence-electron chi connectivity index (χ4n) is 0.773. The molecule has 0 heterocycles. The monoisotopic (exact) mass is 180 g/mol. The van der Waals surface area contributed by atoms with Crippen molar-refractivity contribution < 1.29 is 25.5 Å². The fraction of sp³-hybridized carbons (Fsp3) is 1.00.